The van der Waals surface area contributed by atoms with Crippen molar-refractivity contribution in [1.29, 1.82) is 0 Å². The predicted molar refractivity (Wildman–Crippen MR) is 147 cm³/mol. The summed E-state index contributed by atoms with van der Waals surface area (Å²) in [5.74, 6) is -0.167. The van der Waals surface area contributed by atoms with Crippen molar-refractivity contribution >= 4 is 23.4 Å². The first-order valence-electron chi connectivity index (χ1n) is 12.4. The van der Waals surface area contributed by atoms with Crippen molar-refractivity contribution in [1.82, 2.24) is 25.0 Å². The molecule has 1 aliphatic heterocycles. The van der Waals surface area contributed by atoms with Crippen molar-refractivity contribution in [3.05, 3.63) is 84.3 Å². The highest BCUT2D eigenvalue weighted by molar-refractivity contribution is 5.99. The fraction of sp³-hybridized carbons (Fsp3) is 0.214. The standard InChI is InChI=1S/C28H30N8O2/c1-35-16-22(15-32-35)21-12-25(26(30)31-14-21)27(37)33-24-8-9-36(17-24)28(38)34-23-7-3-6-20(11-23)19-5-2-4-18(10-19)13-29/h2-7,10-12,14-16,24H,8-9,13,17,29H2,1H3,(H2,30,31)(H,33,37)(H,34,38)/t24-/m1/s1. The Labute approximate surface area is 220 Å². The van der Waals surface area contributed by atoms with Crippen molar-refractivity contribution in [2.45, 2.75) is 19.0 Å². The molecule has 0 radical (unpaired) electrons. The highest BCUT2D eigenvalue weighted by atomic mass is 16.2. The summed E-state index contributed by atoms with van der Waals surface area (Å²) < 4.78 is 1.68. The molecule has 4 aromatic rings. The van der Waals surface area contributed by atoms with Gasteiger partial charge in [-0.2, -0.15) is 5.10 Å². The van der Waals surface area contributed by atoms with E-state index in [0.717, 1.165) is 27.8 Å². The van der Waals surface area contributed by atoms with Crippen LogP contribution in [0.3, 0.4) is 0 Å². The van der Waals surface area contributed by atoms with Crippen LogP contribution in [0.15, 0.2) is 73.2 Å². The molecule has 2 aromatic carbocycles. The first-order valence-corrected chi connectivity index (χ1v) is 12.4. The third-order valence-electron chi connectivity index (χ3n) is 6.62. The van der Waals surface area contributed by atoms with Crippen LogP contribution in [-0.4, -0.2) is 50.7 Å². The predicted octanol–water partition coefficient (Wildman–Crippen LogP) is 3.23. The number of hydrogen-bond acceptors (Lipinski definition) is 6. The molecule has 1 saturated heterocycles. The molecule has 2 aromatic heterocycles. The number of aryl methyl sites for hydroxylation is 1. The zero-order valence-corrected chi connectivity index (χ0v) is 21.1. The Morgan fingerprint density at radius 1 is 1.03 bits per heavy atom. The number of urea groups is 1. The van der Waals surface area contributed by atoms with E-state index in [2.05, 4.69) is 20.7 Å². The Morgan fingerprint density at radius 3 is 2.58 bits per heavy atom. The van der Waals surface area contributed by atoms with Crippen LogP contribution in [0.5, 0.6) is 0 Å². The van der Waals surface area contributed by atoms with E-state index < -0.39 is 0 Å². The minimum absolute atomic E-state index is 0.152. The molecule has 38 heavy (non-hydrogen) atoms. The third-order valence-corrected chi connectivity index (χ3v) is 6.62. The van der Waals surface area contributed by atoms with E-state index in [1.807, 2.05) is 61.8 Å². The monoisotopic (exact) mass is 510 g/mol. The van der Waals surface area contributed by atoms with Crippen LogP contribution in [0.1, 0.15) is 22.3 Å². The molecule has 0 bridgehead atoms. The minimum atomic E-state index is -0.319. The van der Waals surface area contributed by atoms with E-state index in [0.29, 0.717) is 37.3 Å². The number of amides is 3. The van der Waals surface area contributed by atoms with Crippen LogP contribution >= 0.6 is 0 Å². The molecule has 0 saturated carbocycles. The second kappa shape index (κ2) is 10.7. The molecule has 6 N–H and O–H groups in total. The quantitative estimate of drug-likeness (QED) is 0.313. The highest BCUT2D eigenvalue weighted by Gasteiger charge is 2.28. The molecular weight excluding hydrogens is 480 g/mol. The lowest BCUT2D eigenvalue weighted by Gasteiger charge is -2.18. The first-order chi connectivity index (χ1) is 18.4. The van der Waals surface area contributed by atoms with Gasteiger partial charge in [-0.25, -0.2) is 9.78 Å². The van der Waals surface area contributed by atoms with Gasteiger partial charge in [-0.3, -0.25) is 9.48 Å². The Bertz CT molecular complexity index is 1480. The molecule has 3 heterocycles. The minimum Gasteiger partial charge on any atom is -0.383 e. The summed E-state index contributed by atoms with van der Waals surface area (Å²) in [6, 6.07) is 17.0. The fourth-order valence-corrected chi connectivity index (χ4v) is 4.57. The van der Waals surface area contributed by atoms with E-state index in [1.165, 1.54) is 0 Å². The van der Waals surface area contributed by atoms with Crippen molar-refractivity contribution < 1.29 is 9.59 Å². The third kappa shape index (κ3) is 5.50. The normalized spacial score (nSPS) is 14.9. The van der Waals surface area contributed by atoms with Gasteiger partial charge in [-0.15, -0.1) is 0 Å². The number of carbonyl (C=O) groups excluding carboxylic acids is 2. The van der Waals surface area contributed by atoms with Gasteiger partial charge in [-0.1, -0.05) is 30.3 Å². The number of pyridine rings is 1. The molecule has 3 amide bonds. The number of aromatic nitrogens is 3. The number of carbonyl (C=O) groups is 2. The Balaban J connectivity index is 1.21. The van der Waals surface area contributed by atoms with E-state index in [-0.39, 0.29) is 23.8 Å². The lowest BCUT2D eigenvalue weighted by molar-refractivity contribution is 0.0938. The topological polar surface area (TPSA) is 144 Å². The van der Waals surface area contributed by atoms with Gasteiger partial charge in [0.1, 0.15) is 5.82 Å². The molecule has 10 heteroatoms. The maximum absolute atomic E-state index is 13.0. The van der Waals surface area contributed by atoms with Crippen molar-refractivity contribution in [2.24, 2.45) is 12.8 Å². The van der Waals surface area contributed by atoms with Gasteiger partial charge in [0.05, 0.1) is 11.8 Å². The van der Waals surface area contributed by atoms with Crippen LogP contribution < -0.4 is 22.1 Å². The van der Waals surface area contributed by atoms with Crippen LogP contribution in [0.25, 0.3) is 22.3 Å². The number of rotatable bonds is 6. The highest BCUT2D eigenvalue weighted by Crippen LogP contribution is 2.25. The SMILES string of the molecule is Cn1cc(-c2cnc(N)c(C(=O)N[C@@H]3CCN(C(=O)Nc4cccc(-c5cccc(CN)c5)c4)C3)c2)cn1. The van der Waals surface area contributed by atoms with E-state index >= 15 is 0 Å². The molecule has 0 unspecified atom stereocenters. The number of benzene rings is 2. The summed E-state index contributed by atoms with van der Waals surface area (Å²) in [6.45, 7) is 1.39. The number of anilines is 2. The number of nitrogens with two attached hydrogens (primary N) is 2. The van der Waals surface area contributed by atoms with E-state index in [1.54, 1.807) is 28.0 Å². The number of nitrogen functional groups attached to an aromatic ring is 1. The largest absolute Gasteiger partial charge is 0.383 e. The molecule has 0 aliphatic carbocycles. The molecule has 1 aliphatic rings. The van der Waals surface area contributed by atoms with E-state index in [9.17, 15) is 9.59 Å². The smallest absolute Gasteiger partial charge is 0.321 e. The molecule has 5 rings (SSSR count). The molecule has 1 atom stereocenters. The molecule has 194 valence electrons. The molecule has 0 spiro atoms. The molecular formula is C28H30N8O2. The Kier molecular flexibility index (Phi) is 7.05. The maximum atomic E-state index is 13.0. The van der Waals surface area contributed by atoms with Crippen molar-refractivity contribution in [2.75, 3.05) is 24.1 Å². The summed E-state index contributed by atoms with van der Waals surface area (Å²) in [6.07, 6.45) is 5.81. The number of nitrogens with zero attached hydrogens (tertiary/aromatic N) is 4. The summed E-state index contributed by atoms with van der Waals surface area (Å²) in [7, 11) is 1.82. The number of hydrogen-bond donors (Lipinski definition) is 4. The van der Waals surface area contributed by atoms with Gasteiger partial charge in [-0.05, 0) is 47.4 Å². The molecule has 10 nitrogen and oxygen atoms in total. The lowest BCUT2D eigenvalue weighted by Crippen LogP contribution is -2.40. The summed E-state index contributed by atoms with van der Waals surface area (Å²) in [4.78, 5) is 31.9. The van der Waals surface area contributed by atoms with Gasteiger partial charge in [0, 0.05) is 61.9 Å². The van der Waals surface area contributed by atoms with Gasteiger partial charge < -0.3 is 27.0 Å². The lowest BCUT2D eigenvalue weighted by atomic mass is 10.0. The van der Waals surface area contributed by atoms with Crippen LogP contribution in [0.2, 0.25) is 0 Å². The summed E-state index contributed by atoms with van der Waals surface area (Å²) >= 11 is 0. The number of likely N-dealkylation sites (tertiary alicyclic amines) is 1. The van der Waals surface area contributed by atoms with Crippen LogP contribution in [-0.2, 0) is 13.6 Å². The fourth-order valence-electron chi connectivity index (χ4n) is 4.57. The molecule has 1 fully saturated rings. The Morgan fingerprint density at radius 2 is 1.82 bits per heavy atom. The summed E-state index contributed by atoms with van der Waals surface area (Å²) in [5, 5.41) is 10.1. The zero-order valence-electron chi connectivity index (χ0n) is 21.1. The van der Waals surface area contributed by atoms with E-state index in [4.69, 9.17) is 11.5 Å². The average molecular weight is 511 g/mol. The second-order valence-corrected chi connectivity index (χ2v) is 9.38. The van der Waals surface area contributed by atoms with Crippen molar-refractivity contribution in [3.63, 3.8) is 0 Å². The average Bonchev–Trinajstić information content (AvgIpc) is 3.58. The van der Waals surface area contributed by atoms with Crippen LogP contribution in [0, 0.1) is 0 Å². The Hall–Kier alpha value is -4.70. The second-order valence-electron chi connectivity index (χ2n) is 9.38. The maximum Gasteiger partial charge on any atom is 0.321 e. The van der Waals surface area contributed by atoms with Gasteiger partial charge in [0.2, 0.25) is 0 Å². The van der Waals surface area contributed by atoms with Gasteiger partial charge in [0.25, 0.3) is 5.91 Å². The van der Waals surface area contributed by atoms with Gasteiger partial charge in [0.15, 0.2) is 0 Å². The summed E-state index contributed by atoms with van der Waals surface area (Å²) in [5.41, 5.74) is 17.4. The van der Waals surface area contributed by atoms with Crippen LogP contribution in [0.4, 0.5) is 16.3 Å². The number of nitrogens with one attached hydrogen (secondary N) is 2. The van der Waals surface area contributed by atoms with Gasteiger partial charge >= 0.3 is 6.03 Å². The zero-order chi connectivity index (χ0) is 26.6. The first kappa shape index (κ1) is 25.0. The van der Waals surface area contributed by atoms with Crippen molar-refractivity contribution in [3.8, 4) is 22.3 Å².